The second-order valence-corrected chi connectivity index (χ2v) is 5.74. The first kappa shape index (κ1) is 16.1. The summed E-state index contributed by atoms with van der Waals surface area (Å²) < 4.78 is 13.2. The number of rotatable bonds is 3. The fourth-order valence-corrected chi connectivity index (χ4v) is 2.77. The number of carbonyl (C=O) groups is 1. The van der Waals surface area contributed by atoms with Crippen LogP contribution in [0.3, 0.4) is 0 Å². The van der Waals surface area contributed by atoms with Gasteiger partial charge in [-0.1, -0.05) is 12.1 Å². The van der Waals surface area contributed by atoms with E-state index in [0.717, 1.165) is 18.7 Å². The third-order valence-corrected chi connectivity index (χ3v) is 4.08. The number of benzene rings is 1. The highest BCUT2D eigenvalue weighted by atomic mass is 19.1. The number of nitrogens with zero attached hydrogens (tertiary/aromatic N) is 4. The third kappa shape index (κ3) is 3.76. The lowest BCUT2D eigenvalue weighted by Gasteiger charge is -2.34. The zero-order valence-electron chi connectivity index (χ0n) is 13.2. The standard InChI is InChI=1S/C18H17FN4O/c19-16-3-1-2-14(10-16)13-22-6-8-23(9-7-22)18(24)15-4-5-17(11-20)21-12-15/h1-5,10,12H,6-9,13H2. The highest BCUT2D eigenvalue weighted by Crippen LogP contribution is 2.12. The lowest BCUT2D eigenvalue weighted by molar-refractivity contribution is 0.0628. The Kier molecular flexibility index (Phi) is 4.82. The second-order valence-electron chi connectivity index (χ2n) is 5.74. The molecule has 5 nitrogen and oxygen atoms in total. The van der Waals surface area contributed by atoms with Crippen LogP contribution in [-0.2, 0) is 6.54 Å². The molecule has 0 spiro atoms. The molecule has 1 saturated heterocycles. The SMILES string of the molecule is N#Cc1ccc(C(=O)N2CCN(Cc3cccc(F)c3)CC2)cn1. The number of piperazine rings is 1. The number of nitriles is 1. The van der Waals surface area contributed by atoms with Gasteiger partial charge in [0.2, 0.25) is 0 Å². The minimum atomic E-state index is -0.227. The first-order valence-corrected chi connectivity index (χ1v) is 7.78. The fraction of sp³-hybridized carbons (Fsp3) is 0.278. The number of hydrogen-bond donors (Lipinski definition) is 0. The van der Waals surface area contributed by atoms with E-state index in [2.05, 4.69) is 9.88 Å². The Bertz CT molecular complexity index is 761. The summed E-state index contributed by atoms with van der Waals surface area (Å²) >= 11 is 0. The molecule has 122 valence electrons. The first-order valence-electron chi connectivity index (χ1n) is 7.78. The topological polar surface area (TPSA) is 60.2 Å². The normalized spacial score (nSPS) is 15.1. The number of aromatic nitrogens is 1. The van der Waals surface area contributed by atoms with Crippen molar-refractivity contribution in [3.8, 4) is 6.07 Å². The van der Waals surface area contributed by atoms with Crippen LogP contribution in [0.5, 0.6) is 0 Å². The molecule has 0 saturated carbocycles. The minimum absolute atomic E-state index is 0.0719. The van der Waals surface area contributed by atoms with Crippen molar-refractivity contribution in [2.75, 3.05) is 26.2 Å². The molecular formula is C18H17FN4O. The Morgan fingerprint density at radius 2 is 2.00 bits per heavy atom. The van der Waals surface area contributed by atoms with Crippen LogP contribution in [0, 0.1) is 17.1 Å². The van der Waals surface area contributed by atoms with Gasteiger partial charge in [0.15, 0.2) is 0 Å². The summed E-state index contributed by atoms with van der Waals surface area (Å²) in [6.45, 7) is 3.40. The Hall–Kier alpha value is -2.78. The Balaban J connectivity index is 1.56. The van der Waals surface area contributed by atoms with E-state index in [1.165, 1.54) is 12.3 Å². The van der Waals surface area contributed by atoms with Crippen molar-refractivity contribution < 1.29 is 9.18 Å². The maximum atomic E-state index is 13.2. The largest absolute Gasteiger partial charge is 0.336 e. The maximum Gasteiger partial charge on any atom is 0.255 e. The molecular weight excluding hydrogens is 307 g/mol. The fourth-order valence-electron chi connectivity index (χ4n) is 2.77. The summed E-state index contributed by atoms with van der Waals surface area (Å²) in [5, 5.41) is 8.75. The molecule has 0 bridgehead atoms. The van der Waals surface area contributed by atoms with E-state index in [0.29, 0.717) is 30.9 Å². The Morgan fingerprint density at radius 1 is 1.21 bits per heavy atom. The first-order chi connectivity index (χ1) is 11.7. The molecule has 2 aromatic rings. The highest BCUT2D eigenvalue weighted by molar-refractivity contribution is 5.94. The molecule has 1 aromatic heterocycles. The van der Waals surface area contributed by atoms with Crippen molar-refractivity contribution in [1.82, 2.24) is 14.8 Å². The van der Waals surface area contributed by atoms with Gasteiger partial charge in [0.1, 0.15) is 17.6 Å². The van der Waals surface area contributed by atoms with Crippen LogP contribution in [0.15, 0.2) is 42.6 Å². The van der Waals surface area contributed by atoms with Crippen molar-refractivity contribution in [2.45, 2.75) is 6.54 Å². The van der Waals surface area contributed by atoms with Crippen molar-refractivity contribution in [2.24, 2.45) is 0 Å². The zero-order valence-corrected chi connectivity index (χ0v) is 13.2. The van der Waals surface area contributed by atoms with Crippen molar-refractivity contribution in [3.05, 3.63) is 65.2 Å². The number of pyridine rings is 1. The van der Waals surface area contributed by atoms with E-state index in [1.54, 1.807) is 29.2 Å². The number of hydrogen-bond acceptors (Lipinski definition) is 4. The van der Waals surface area contributed by atoms with Gasteiger partial charge in [-0.15, -0.1) is 0 Å². The highest BCUT2D eigenvalue weighted by Gasteiger charge is 2.22. The molecule has 1 aromatic carbocycles. The van der Waals surface area contributed by atoms with E-state index in [4.69, 9.17) is 5.26 Å². The van der Waals surface area contributed by atoms with E-state index >= 15 is 0 Å². The molecule has 0 N–H and O–H groups in total. The lowest BCUT2D eigenvalue weighted by Crippen LogP contribution is -2.48. The molecule has 24 heavy (non-hydrogen) atoms. The number of amides is 1. The van der Waals surface area contributed by atoms with Gasteiger partial charge in [0.25, 0.3) is 5.91 Å². The molecule has 1 aliphatic heterocycles. The van der Waals surface area contributed by atoms with Crippen LogP contribution in [-0.4, -0.2) is 46.9 Å². The van der Waals surface area contributed by atoms with Gasteiger partial charge in [0.05, 0.1) is 5.56 Å². The molecule has 3 rings (SSSR count). The van der Waals surface area contributed by atoms with Crippen LogP contribution in [0.2, 0.25) is 0 Å². The van der Waals surface area contributed by atoms with Crippen molar-refractivity contribution in [3.63, 3.8) is 0 Å². The van der Waals surface area contributed by atoms with E-state index in [-0.39, 0.29) is 11.7 Å². The number of halogens is 1. The zero-order chi connectivity index (χ0) is 16.9. The molecule has 1 aliphatic rings. The van der Waals surface area contributed by atoms with Crippen LogP contribution < -0.4 is 0 Å². The van der Waals surface area contributed by atoms with Gasteiger partial charge in [-0.2, -0.15) is 5.26 Å². The van der Waals surface area contributed by atoms with Gasteiger partial charge in [-0.3, -0.25) is 9.69 Å². The average Bonchev–Trinajstić information content (AvgIpc) is 2.62. The quantitative estimate of drug-likeness (QED) is 0.867. The van der Waals surface area contributed by atoms with Crippen LogP contribution >= 0.6 is 0 Å². The van der Waals surface area contributed by atoms with Crippen LogP contribution in [0.1, 0.15) is 21.6 Å². The molecule has 1 amide bonds. The summed E-state index contributed by atoms with van der Waals surface area (Å²) in [6, 6.07) is 11.7. The van der Waals surface area contributed by atoms with Crippen LogP contribution in [0.25, 0.3) is 0 Å². The van der Waals surface area contributed by atoms with Crippen LogP contribution in [0.4, 0.5) is 4.39 Å². The Morgan fingerprint density at radius 3 is 2.62 bits per heavy atom. The predicted molar refractivity (Wildman–Crippen MR) is 86.5 cm³/mol. The molecule has 2 heterocycles. The third-order valence-electron chi connectivity index (χ3n) is 4.08. The van der Waals surface area contributed by atoms with Crippen molar-refractivity contribution >= 4 is 5.91 Å². The predicted octanol–water partition coefficient (Wildman–Crippen LogP) is 2.05. The average molecular weight is 324 g/mol. The summed E-state index contributed by atoms with van der Waals surface area (Å²) in [5.41, 5.74) is 1.73. The van der Waals surface area contributed by atoms with Gasteiger partial charge in [-0.25, -0.2) is 9.37 Å². The molecule has 1 fully saturated rings. The monoisotopic (exact) mass is 324 g/mol. The smallest absolute Gasteiger partial charge is 0.255 e. The second kappa shape index (κ2) is 7.20. The summed E-state index contributed by atoms with van der Waals surface area (Å²) in [7, 11) is 0. The lowest BCUT2D eigenvalue weighted by atomic mass is 10.1. The summed E-state index contributed by atoms with van der Waals surface area (Å²) in [5.74, 6) is -0.299. The van der Waals surface area contributed by atoms with Gasteiger partial charge in [0, 0.05) is 38.9 Å². The summed E-state index contributed by atoms with van der Waals surface area (Å²) in [6.07, 6.45) is 1.44. The molecule has 0 aliphatic carbocycles. The van der Waals surface area contributed by atoms with E-state index in [1.807, 2.05) is 12.1 Å². The molecule has 0 radical (unpaired) electrons. The van der Waals surface area contributed by atoms with Gasteiger partial charge < -0.3 is 4.90 Å². The molecule has 6 heteroatoms. The molecule has 0 atom stereocenters. The minimum Gasteiger partial charge on any atom is -0.336 e. The van der Waals surface area contributed by atoms with E-state index < -0.39 is 0 Å². The number of carbonyl (C=O) groups excluding carboxylic acids is 1. The van der Waals surface area contributed by atoms with Crippen molar-refractivity contribution in [1.29, 1.82) is 5.26 Å². The van der Waals surface area contributed by atoms with E-state index in [9.17, 15) is 9.18 Å². The van der Waals surface area contributed by atoms with Gasteiger partial charge >= 0.3 is 0 Å². The maximum absolute atomic E-state index is 13.2. The molecule has 0 unspecified atom stereocenters. The summed E-state index contributed by atoms with van der Waals surface area (Å²) in [4.78, 5) is 20.4. The van der Waals surface area contributed by atoms with Gasteiger partial charge in [-0.05, 0) is 29.8 Å². The Labute approximate surface area is 139 Å².